The Labute approximate surface area is 108 Å². The highest BCUT2D eigenvalue weighted by Gasteiger charge is 2.35. The average Bonchev–Trinajstić information content (AvgIpc) is 2.24. The van der Waals surface area contributed by atoms with Gasteiger partial charge in [-0.1, -0.05) is 5.16 Å². The van der Waals surface area contributed by atoms with Crippen LogP contribution in [0.15, 0.2) is 23.4 Å². The molecular formula is C12H15F3N2O2. The number of oxime groups is 1. The Kier molecular flexibility index (Phi) is 3.97. The molecule has 0 bridgehead atoms. The summed E-state index contributed by atoms with van der Waals surface area (Å²) < 4.78 is 44.1. The summed E-state index contributed by atoms with van der Waals surface area (Å²) in [6.07, 6.45) is -4.62. The van der Waals surface area contributed by atoms with Crippen molar-refractivity contribution >= 4 is 5.84 Å². The molecule has 0 saturated heterocycles. The lowest BCUT2D eigenvalue weighted by Crippen LogP contribution is -2.24. The molecule has 0 saturated carbocycles. The molecule has 1 rings (SSSR count). The Morgan fingerprint density at radius 2 is 1.84 bits per heavy atom. The minimum Gasteiger partial charge on any atom is -0.488 e. The highest BCUT2D eigenvalue weighted by Crippen LogP contribution is 2.35. The normalized spacial score (nSPS) is 13.5. The maximum absolute atomic E-state index is 12.9. The summed E-state index contributed by atoms with van der Waals surface area (Å²) in [6.45, 7) is 5.16. The molecule has 0 spiro atoms. The molecule has 0 heterocycles. The van der Waals surface area contributed by atoms with Crippen molar-refractivity contribution in [1.29, 1.82) is 0 Å². The van der Waals surface area contributed by atoms with E-state index in [-0.39, 0.29) is 5.75 Å². The third kappa shape index (κ3) is 4.04. The van der Waals surface area contributed by atoms with Crippen LogP contribution in [-0.4, -0.2) is 16.6 Å². The van der Waals surface area contributed by atoms with E-state index in [9.17, 15) is 13.2 Å². The van der Waals surface area contributed by atoms with Gasteiger partial charge >= 0.3 is 6.18 Å². The molecule has 0 aromatic heterocycles. The second-order valence-corrected chi connectivity index (χ2v) is 4.90. The summed E-state index contributed by atoms with van der Waals surface area (Å²) >= 11 is 0. The van der Waals surface area contributed by atoms with Gasteiger partial charge in [0.25, 0.3) is 0 Å². The van der Waals surface area contributed by atoms with Gasteiger partial charge in [0, 0.05) is 5.56 Å². The van der Waals surface area contributed by atoms with Gasteiger partial charge in [-0.05, 0) is 39.0 Å². The maximum Gasteiger partial charge on any atom is 0.417 e. The lowest BCUT2D eigenvalue weighted by molar-refractivity contribution is -0.137. The van der Waals surface area contributed by atoms with Crippen LogP contribution in [0.4, 0.5) is 13.2 Å². The Bertz CT molecular complexity index is 491. The first-order valence-electron chi connectivity index (χ1n) is 5.43. The summed E-state index contributed by atoms with van der Waals surface area (Å²) in [5.74, 6) is -0.538. The highest BCUT2D eigenvalue weighted by atomic mass is 19.4. The molecule has 0 aliphatic heterocycles. The van der Waals surface area contributed by atoms with E-state index >= 15 is 0 Å². The molecule has 0 aliphatic carbocycles. The predicted octanol–water partition coefficient (Wildman–Crippen LogP) is 2.98. The highest BCUT2D eigenvalue weighted by molar-refractivity contribution is 5.98. The standard InChI is InChI=1S/C12H15F3N2O2/c1-11(2,3)19-7-4-5-8(10(16)17-18)9(6-7)12(13,14)15/h4-6,18H,1-3H3,(H2,16,17). The molecule has 106 valence electrons. The first-order valence-corrected chi connectivity index (χ1v) is 5.43. The minimum atomic E-state index is -4.62. The molecule has 19 heavy (non-hydrogen) atoms. The minimum absolute atomic E-state index is 0.0642. The first-order chi connectivity index (χ1) is 8.54. The molecule has 7 heteroatoms. The van der Waals surface area contributed by atoms with Gasteiger partial charge in [-0.2, -0.15) is 13.2 Å². The molecule has 0 aliphatic rings. The van der Waals surface area contributed by atoms with Crippen LogP contribution in [0.25, 0.3) is 0 Å². The van der Waals surface area contributed by atoms with E-state index in [4.69, 9.17) is 15.7 Å². The molecule has 0 amide bonds. The number of rotatable bonds is 2. The van der Waals surface area contributed by atoms with Crippen LogP contribution < -0.4 is 10.5 Å². The van der Waals surface area contributed by atoms with Gasteiger partial charge in [-0.15, -0.1) is 0 Å². The van der Waals surface area contributed by atoms with Crippen molar-refractivity contribution in [3.63, 3.8) is 0 Å². The summed E-state index contributed by atoms with van der Waals surface area (Å²) in [7, 11) is 0. The number of benzene rings is 1. The van der Waals surface area contributed by atoms with Crippen LogP contribution >= 0.6 is 0 Å². The Morgan fingerprint density at radius 1 is 1.26 bits per heavy atom. The van der Waals surface area contributed by atoms with Gasteiger partial charge in [-0.3, -0.25) is 0 Å². The van der Waals surface area contributed by atoms with Crippen LogP contribution in [0.3, 0.4) is 0 Å². The molecule has 1 aromatic carbocycles. The van der Waals surface area contributed by atoms with E-state index in [0.717, 1.165) is 12.1 Å². The zero-order chi connectivity index (χ0) is 14.8. The van der Waals surface area contributed by atoms with Gasteiger partial charge in [0.15, 0.2) is 5.84 Å². The fraction of sp³-hybridized carbons (Fsp3) is 0.417. The Morgan fingerprint density at radius 3 is 2.26 bits per heavy atom. The van der Waals surface area contributed by atoms with E-state index in [2.05, 4.69) is 5.16 Å². The number of alkyl halides is 3. The van der Waals surface area contributed by atoms with Crippen LogP contribution in [0.2, 0.25) is 0 Å². The number of hydrogen-bond acceptors (Lipinski definition) is 3. The van der Waals surface area contributed by atoms with Crippen molar-refractivity contribution in [2.45, 2.75) is 32.5 Å². The average molecular weight is 276 g/mol. The molecule has 0 fully saturated rings. The Hall–Kier alpha value is -1.92. The SMILES string of the molecule is CC(C)(C)Oc1ccc(/C(N)=N/O)c(C(F)(F)F)c1. The van der Waals surface area contributed by atoms with Gasteiger partial charge in [-0.25, -0.2) is 0 Å². The zero-order valence-corrected chi connectivity index (χ0v) is 10.7. The van der Waals surface area contributed by atoms with Crippen molar-refractivity contribution in [2.24, 2.45) is 10.9 Å². The zero-order valence-electron chi connectivity index (χ0n) is 10.7. The third-order valence-corrected chi connectivity index (χ3v) is 2.10. The van der Waals surface area contributed by atoms with Gasteiger partial charge in [0.05, 0.1) is 5.56 Å². The van der Waals surface area contributed by atoms with Crippen LogP contribution in [0.1, 0.15) is 31.9 Å². The van der Waals surface area contributed by atoms with Crippen molar-refractivity contribution in [1.82, 2.24) is 0 Å². The van der Waals surface area contributed by atoms with Gasteiger partial charge < -0.3 is 15.7 Å². The van der Waals surface area contributed by atoms with Gasteiger partial charge in [0.2, 0.25) is 0 Å². The lowest BCUT2D eigenvalue weighted by atomic mass is 10.1. The number of ether oxygens (including phenoxy) is 1. The van der Waals surface area contributed by atoms with Crippen molar-refractivity contribution in [3.8, 4) is 5.75 Å². The third-order valence-electron chi connectivity index (χ3n) is 2.10. The van der Waals surface area contributed by atoms with Crippen molar-refractivity contribution in [3.05, 3.63) is 29.3 Å². The molecule has 1 aromatic rings. The van der Waals surface area contributed by atoms with Crippen LogP contribution in [0.5, 0.6) is 5.75 Å². The molecule has 0 radical (unpaired) electrons. The lowest BCUT2D eigenvalue weighted by Gasteiger charge is -2.22. The smallest absolute Gasteiger partial charge is 0.417 e. The van der Waals surface area contributed by atoms with E-state index < -0.39 is 28.7 Å². The number of nitrogens with two attached hydrogens (primary N) is 1. The molecule has 3 N–H and O–H groups in total. The van der Waals surface area contributed by atoms with E-state index in [1.807, 2.05) is 0 Å². The second kappa shape index (κ2) is 4.99. The van der Waals surface area contributed by atoms with E-state index in [1.165, 1.54) is 6.07 Å². The largest absolute Gasteiger partial charge is 0.488 e. The number of hydrogen-bond donors (Lipinski definition) is 2. The Balaban J connectivity index is 3.32. The fourth-order valence-electron chi connectivity index (χ4n) is 1.45. The first kappa shape index (κ1) is 15.1. The van der Waals surface area contributed by atoms with Crippen LogP contribution in [0, 0.1) is 0 Å². The number of amidine groups is 1. The van der Waals surface area contributed by atoms with Crippen LogP contribution in [-0.2, 0) is 6.18 Å². The topological polar surface area (TPSA) is 67.8 Å². The van der Waals surface area contributed by atoms with E-state index in [0.29, 0.717) is 0 Å². The second-order valence-electron chi connectivity index (χ2n) is 4.90. The molecule has 0 unspecified atom stereocenters. The van der Waals surface area contributed by atoms with E-state index in [1.54, 1.807) is 20.8 Å². The fourth-order valence-corrected chi connectivity index (χ4v) is 1.45. The number of halogens is 3. The summed E-state index contributed by atoms with van der Waals surface area (Å²) in [4.78, 5) is 0. The molecule has 4 nitrogen and oxygen atoms in total. The monoisotopic (exact) mass is 276 g/mol. The molecule has 0 atom stereocenters. The van der Waals surface area contributed by atoms with Gasteiger partial charge in [0.1, 0.15) is 11.4 Å². The summed E-state index contributed by atoms with van der Waals surface area (Å²) in [5, 5.41) is 11.1. The maximum atomic E-state index is 12.9. The summed E-state index contributed by atoms with van der Waals surface area (Å²) in [6, 6.07) is 3.28. The van der Waals surface area contributed by atoms with Crippen molar-refractivity contribution in [2.75, 3.05) is 0 Å². The predicted molar refractivity (Wildman–Crippen MR) is 64.3 cm³/mol. The summed E-state index contributed by atoms with van der Waals surface area (Å²) in [5.41, 5.74) is 3.20. The quantitative estimate of drug-likeness (QED) is 0.377. The molecular weight excluding hydrogens is 261 g/mol. The number of nitrogens with zero attached hydrogens (tertiary/aromatic N) is 1. The van der Waals surface area contributed by atoms with Crippen molar-refractivity contribution < 1.29 is 23.1 Å².